The van der Waals surface area contributed by atoms with Crippen LogP contribution in [0.4, 0.5) is 10.5 Å². The second-order valence-electron chi connectivity index (χ2n) is 8.83. The highest BCUT2D eigenvalue weighted by Crippen LogP contribution is 2.21. The van der Waals surface area contributed by atoms with Crippen molar-refractivity contribution in [3.05, 3.63) is 57.2 Å². The lowest BCUT2D eigenvalue weighted by atomic mass is 9.90. The number of hydrogen-bond acceptors (Lipinski definition) is 7. The van der Waals surface area contributed by atoms with Gasteiger partial charge in [-0.15, -0.1) is 0 Å². The first kappa shape index (κ1) is 30.3. The SMILES string of the molecule is CCOC(=O)Nc1ccc(I)cc1C(=O)NCC(=O)N[C@H]1CCCC[C@H]1NC(=O)c1ccc(S(N)(=O)=O)cc1. The third-order valence-corrected chi connectivity index (χ3v) is 7.62. The van der Waals surface area contributed by atoms with E-state index in [4.69, 9.17) is 9.88 Å². The maximum absolute atomic E-state index is 12.8. The maximum atomic E-state index is 12.8. The molecule has 0 aliphatic heterocycles. The molecular formula is C25H30IN5O7S. The van der Waals surface area contributed by atoms with Gasteiger partial charge in [-0.2, -0.15) is 0 Å². The number of rotatable bonds is 9. The van der Waals surface area contributed by atoms with Gasteiger partial charge in [-0.25, -0.2) is 18.4 Å². The molecule has 0 bridgehead atoms. The number of sulfonamides is 1. The Bertz CT molecular complexity index is 1330. The summed E-state index contributed by atoms with van der Waals surface area (Å²) in [6.07, 6.45) is 2.30. The standard InChI is InChI=1S/C25H30IN5O7S/c1-2-38-25(35)31-19-12-9-16(26)13-18(19)24(34)28-14-22(32)29-20-5-3-4-6-21(20)30-23(33)15-7-10-17(11-8-15)39(27,36)37/h7-13,20-21H,2-6,14H2,1H3,(H,28,34)(H,29,32)(H,30,33)(H,31,35)(H2,27,36,37)/t20-,21+/m0/s1. The zero-order chi connectivity index (χ0) is 28.6. The van der Waals surface area contributed by atoms with Crippen LogP contribution in [0.2, 0.25) is 0 Å². The predicted octanol–water partition coefficient (Wildman–Crippen LogP) is 2.09. The summed E-state index contributed by atoms with van der Waals surface area (Å²) in [7, 11) is -3.87. The van der Waals surface area contributed by atoms with Crippen LogP contribution < -0.4 is 26.4 Å². The maximum Gasteiger partial charge on any atom is 0.411 e. The average Bonchev–Trinajstić information content (AvgIpc) is 2.89. The average molecular weight is 672 g/mol. The smallest absolute Gasteiger partial charge is 0.411 e. The fourth-order valence-corrected chi connectivity index (χ4v) is 5.13. The highest BCUT2D eigenvalue weighted by Gasteiger charge is 2.28. The minimum absolute atomic E-state index is 0.0992. The van der Waals surface area contributed by atoms with Crippen LogP contribution in [-0.2, 0) is 19.6 Å². The molecule has 0 spiro atoms. The van der Waals surface area contributed by atoms with Crippen LogP contribution in [0.1, 0.15) is 53.3 Å². The summed E-state index contributed by atoms with van der Waals surface area (Å²) < 4.78 is 28.5. The largest absolute Gasteiger partial charge is 0.450 e. The quantitative estimate of drug-likeness (QED) is 0.253. The second kappa shape index (κ2) is 13.7. The van der Waals surface area contributed by atoms with Crippen molar-refractivity contribution < 1.29 is 32.3 Å². The van der Waals surface area contributed by atoms with Gasteiger partial charge >= 0.3 is 6.09 Å². The molecule has 3 rings (SSSR count). The lowest BCUT2D eigenvalue weighted by molar-refractivity contribution is -0.121. The van der Waals surface area contributed by atoms with Crippen molar-refractivity contribution in [2.24, 2.45) is 5.14 Å². The molecule has 0 aromatic heterocycles. The Balaban J connectivity index is 1.58. The number of benzene rings is 2. The molecule has 39 heavy (non-hydrogen) atoms. The Morgan fingerprint density at radius 2 is 1.62 bits per heavy atom. The van der Waals surface area contributed by atoms with Gasteiger partial charge in [0.05, 0.1) is 29.3 Å². The van der Waals surface area contributed by atoms with E-state index in [9.17, 15) is 27.6 Å². The summed E-state index contributed by atoms with van der Waals surface area (Å²) >= 11 is 2.03. The van der Waals surface area contributed by atoms with Gasteiger partial charge in [0.2, 0.25) is 15.9 Å². The van der Waals surface area contributed by atoms with E-state index in [2.05, 4.69) is 21.3 Å². The monoisotopic (exact) mass is 671 g/mol. The summed E-state index contributed by atoms with van der Waals surface area (Å²) in [5.74, 6) is -1.39. The molecule has 0 radical (unpaired) electrons. The number of ether oxygens (including phenoxy) is 1. The predicted molar refractivity (Wildman–Crippen MR) is 152 cm³/mol. The molecule has 0 unspecified atom stereocenters. The molecule has 1 fully saturated rings. The van der Waals surface area contributed by atoms with Gasteiger partial charge in [-0.3, -0.25) is 19.7 Å². The summed E-state index contributed by atoms with van der Waals surface area (Å²) in [6.45, 7) is 1.52. The zero-order valence-electron chi connectivity index (χ0n) is 21.2. The van der Waals surface area contributed by atoms with Crippen LogP contribution >= 0.6 is 22.6 Å². The molecule has 1 aliphatic rings. The van der Waals surface area contributed by atoms with Gasteiger partial charge in [0.15, 0.2) is 0 Å². The minimum atomic E-state index is -3.87. The Morgan fingerprint density at radius 1 is 0.974 bits per heavy atom. The van der Waals surface area contributed by atoms with E-state index in [1.807, 2.05) is 22.6 Å². The van der Waals surface area contributed by atoms with E-state index in [1.165, 1.54) is 24.3 Å². The molecule has 2 aromatic rings. The molecule has 4 amide bonds. The van der Waals surface area contributed by atoms with Crippen LogP contribution in [0.5, 0.6) is 0 Å². The Hall–Kier alpha value is -3.24. The van der Waals surface area contributed by atoms with Crippen LogP contribution in [0.25, 0.3) is 0 Å². The minimum Gasteiger partial charge on any atom is -0.450 e. The van der Waals surface area contributed by atoms with E-state index >= 15 is 0 Å². The summed E-state index contributed by atoms with van der Waals surface area (Å²) in [5.41, 5.74) is 0.688. The van der Waals surface area contributed by atoms with Crippen LogP contribution in [-0.4, -0.2) is 57.5 Å². The summed E-state index contributed by atoms with van der Waals surface area (Å²) in [4.78, 5) is 50.0. The highest BCUT2D eigenvalue weighted by molar-refractivity contribution is 14.1. The van der Waals surface area contributed by atoms with Gasteiger partial charge in [0.25, 0.3) is 11.8 Å². The number of halogens is 1. The second-order valence-corrected chi connectivity index (χ2v) is 11.6. The first-order chi connectivity index (χ1) is 18.5. The zero-order valence-corrected chi connectivity index (χ0v) is 24.1. The van der Waals surface area contributed by atoms with Gasteiger partial charge in [0.1, 0.15) is 0 Å². The molecule has 1 aliphatic carbocycles. The number of nitrogens with two attached hydrogens (primary N) is 1. The Morgan fingerprint density at radius 3 is 2.23 bits per heavy atom. The van der Waals surface area contributed by atoms with Crippen molar-refractivity contribution in [2.45, 2.75) is 49.6 Å². The van der Waals surface area contributed by atoms with Gasteiger partial charge in [0, 0.05) is 21.2 Å². The summed E-state index contributed by atoms with van der Waals surface area (Å²) in [5, 5.41) is 16.0. The fourth-order valence-electron chi connectivity index (χ4n) is 4.13. The van der Waals surface area contributed by atoms with Crippen molar-refractivity contribution in [2.75, 3.05) is 18.5 Å². The number of hydrogen-bond donors (Lipinski definition) is 5. The number of anilines is 1. The molecule has 0 heterocycles. The van der Waals surface area contributed by atoms with Gasteiger partial charge in [-0.05, 0) is 84.8 Å². The van der Waals surface area contributed by atoms with Crippen LogP contribution in [0.15, 0.2) is 47.4 Å². The van der Waals surface area contributed by atoms with E-state index in [1.54, 1.807) is 25.1 Å². The Kier molecular flexibility index (Phi) is 10.7. The number of primary sulfonamides is 1. The van der Waals surface area contributed by atoms with E-state index < -0.39 is 33.8 Å². The van der Waals surface area contributed by atoms with E-state index in [-0.39, 0.29) is 46.9 Å². The molecule has 2 aromatic carbocycles. The summed E-state index contributed by atoms with van der Waals surface area (Å²) in [6, 6.07) is 9.44. The fraction of sp³-hybridized carbons (Fsp3) is 0.360. The normalized spacial score (nSPS) is 17.0. The number of amides is 4. The molecule has 210 valence electrons. The molecule has 14 heteroatoms. The van der Waals surface area contributed by atoms with Crippen molar-refractivity contribution >= 4 is 62.1 Å². The van der Waals surface area contributed by atoms with E-state index in [0.29, 0.717) is 12.8 Å². The molecule has 0 saturated heterocycles. The Labute approximate surface area is 240 Å². The van der Waals surface area contributed by atoms with Crippen LogP contribution in [0.3, 0.4) is 0 Å². The molecular weight excluding hydrogens is 641 g/mol. The lowest BCUT2D eigenvalue weighted by Gasteiger charge is -2.33. The third kappa shape index (κ3) is 8.90. The van der Waals surface area contributed by atoms with E-state index in [0.717, 1.165) is 16.4 Å². The molecule has 6 N–H and O–H groups in total. The number of carbonyl (C=O) groups is 4. The number of nitrogens with one attached hydrogen (secondary N) is 4. The van der Waals surface area contributed by atoms with Crippen molar-refractivity contribution in [1.82, 2.24) is 16.0 Å². The van der Waals surface area contributed by atoms with Crippen molar-refractivity contribution in [1.29, 1.82) is 0 Å². The van der Waals surface area contributed by atoms with Crippen molar-refractivity contribution in [3.8, 4) is 0 Å². The molecule has 2 atom stereocenters. The van der Waals surface area contributed by atoms with Gasteiger partial charge in [-0.1, -0.05) is 12.8 Å². The first-order valence-corrected chi connectivity index (χ1v) is 14.8. The van der Waals surface area contributed by atoms with Crippen LogP contribution in [0, 0.1) is 3.57 Å². The van der Waals surface area contributed by atoms with Gasteiger partial charge < -0.3 is 20.7 Å². The topological polar surface area (TPSA) is 186 Å². The highest BCUT2D eigenvalue weighted by atomic mass is 127. The van der Waals surface area contributed by atoms with Crippen molar-refractivity contribution in [3.63, 3.8) is 0 Å². The first-order valence-electron chi connectivity index (χ1n) is 12.2. The number of carbonyl (C=O) groups excluding carboxylic acids is 4. The molecule has 12 nitrogen and oxygen atoms in total. The third-order valence-electron chi connectivity index (χ3n) is 6.02. The molecule has 1 saturated carbocycles. The lowest BCUT2D eigenvalue weighted by Crippen LogP contribution is -2.54.